The summed E-state index contributed by atoms with van der Waals surface area (Å²) < 4.78 is 2.01. The van der Waals surface area contributed by atoms with Gasteiger partial charge >= 0.3 is 5.97 Å². The smallest absolute Gasteiger partial charge is 0.360 e. The third-order valence-electron chi connectivity index (χ3n) is 2.05. The van der Waals surface area contributed by atoms with E-state index in [4.69, 9.17) is 16.7 Å². The van der Waals surface area contributed by atoms with Gasteiger partial charge < -0.3 is 10.2 Å². The molecule has 0 aliphatic carbocycles. The second-order valence-electron chi connectivity index (χ2n) is 3.21. The summed E-state index contributed by atoms with van der Waals surface area (Å²) in [5, 5.41) is 22.3. The molecule has 0 radical (unpaired) electrons. The first-order valence-electron chi connectivity index (χ1n) is 4.46. The number of aromatic carboxylic acids is 1. The van der Waals surface area contributed by atoms with Crippen molar-refractivity contribution in [3.63, 3.8) is 0 Å². The van der Waals surface area contributed by atoms with E-state index in [1.165, 1.54) is 10.9 Å². The number of aromatic hydroxyl groups is 1. The lowest BCUT2D eigenvalue weighted by molar-refractivity contribution is 0.0687. The van der Waals surface area contributed by atoms with E-state index in [0.717, 1.165) is 4.47 Å². The SMILES string of the molecule is O=C(O)c1nn(-c2ccc(Br)cc2Cl)cc1O. The Morgan fingerprint density at radius 1 is 1.47 bits per heavy atom. The van der Waals surface area contributed by atoms with Crippen LogP contribution in [0.25, 0.3) is 5.69 Å². The van der Waals surface area contributed by atoms with Crippen LogP contribution in [-0.2, 0) is 0 Å². The Morgan fingerprint density at radius 2 is 2.18 bits per heavy atom. The van der Waals surface area contributed by atoms with E-state index in [2.05, 4.69) is 21.0 Å². The monoisotopic (exact) mass is 316 g/mol. The maximum absolute atomic E-state index is 10.7. The van der Waals surface area contributed by atoms with E-state index >= 15 is 0 Å². The molecule has 1 aromatic carbocycles. The van der Waals surface area contributed by atoms with Crippen molar-refractivity contribution in [3.8, 4) is 11.4 Å². The lowest BCUT2D eigenvalue weighted by Crippen LogP contribution is -2.01. The predicted molar refractivity (Wildman–Crippen MR) is 64.9 cm³/mol. The minimum absolute atomic E-state index is 0.388. The highest BCUT2D eigenvalue weighted by Gasteiger charge is 2.16. The van der Waals surface area contributed by atoms with Crippen molar-refractivity contribution < 1.29 is 15.0 Å². The first-order chi connectivity index (χ1) is 7.99. The Morgan fingerprint density at radius 3 is 2.71 bits per heavy atom. The van der Waals surface area contributed by atoms with Gasteiger partial charge in [0.1, 0.15) is 0 Å². The normalized spacial score (nSPS) is 10.5. The van der Waals surface area contributed by atoms with E-state index in [9.17, 15) is 9.90 Å². The second-order valence-corrected chi connectivity index (χ2v) is 4.53. The molecule has 2 rings (SSSR count). The van der Waals surface area contributed by atoms with Gasteiger partial charge in [0.2, 0.25) is 5.69 Å². The van der Waals surface area contributed by atoms with E-state index in [0.29, 0.717) is 10.7 Å². The molecule has 88 valence electrons. The van der Waals surface area contributed by atoms with Crippen molar-refractivity contribution in [2.24, 2.45) is 0 Å². The second kappa shape index (κ2) is 4.38. The number of halogens is 2. The van der Waals surface area contributed by atoms with E-state index in [1.54, 1.807) is 18.2 Å². The molecule has 0 spiro atoms. The van der Waals surface area contributed by atoms with E-state index in [-0.39, 0.29) is 0 Å². The standard InChI is InChI=1S/C10H6BrClN2O3/c11-5-1-2-7(6(12)3-5)14-4-8(15)9(13-14)10(16)17/h1-4,15H,(H,16,17). The maximum atomic E-state index is 10.7. The van der Waals surface area contributed by atoms with Crippen molar-refractivity contribution in [1.29, 1.82) is 0 Å². The number of carbonyl (C=O) groups is 1. The highest BCUT2D eigenvalue weighted by molar-refractivity contribution is 9.10. The number of carboxylic acids is 1. The van der Waals surface area contributed by atoms with Crippen LogP contribution in [0.2, 0.25) is 5.02 Å². The van der Waals surface area contributed by atoms with Gasteiger partial charge in [-0.3, -0.25) is 0 Å². The van der Waals surface area contributed by atoms with Gasteiger partial charge in [0.15, 0.2) is 5.75 Å². The molecule has 0 unspecified atom stereocenters. The average molecular weight is 318 g/mol. The van der Waals surface area contributed by atoms with E-state index < -0.39 is 17.4 Å². The Hall–Kier alpha value is -1.53. The lowest BCUT2D eigenvalue weighted by atomic mass is 10.3. The van der Waals surface area contributed by atoms with Gasteiger partial charge in [-0.15, -0.1) is 0 Å². The van der Waals surface area contributed by atoms with Crippen molar-refractivity contribution >= 4 is 33.5 Å². The Balaban J connectivity index is 2.53. The molecule has 0 amide bonds. The van der Waals surface area contributed by atoms with Gasteiger partial charge in [-0.25, -0.2) is 9.48 Å². The molecule has 17 heavy (non-hydrogen) atoms. The van der Waals surface area contributed by atoms with Crippen LogP contribution in [0.4, 0.5) is 0 Å². The molecule has 0 saturated carbocycles. The molecule has 0 aliphatic rings. The fraction of sp³-hybridized carbons (Fsp3) is 0. The zero-order valence-corrected chi connectivity index (χ0v) is 10.6. The average Bonchev–Trinajstić information content (AvgIpc) is 2.60. The molecule has 0 saturated heterocycles. The molecule has 0 bridgehead atoms. The summed E-state index contributed by atoms with van der Waals surface area (Å²) >= 11 is 9.24. The van der Waals surface area contributed by atoms with E-state index in [1.807, 2.05) is 0 Å². The quantitative estimate of drug-likeness (QED) is 0.893. The molecule has 1 aromatic heterocycles. The molecule has 0 atom stereocenters. The first-order valence-corrected chi connectivity index (χ1v) is 5.63. The molecule has 7 heteroatoms. The molecular weight excluding hydrogens is 311 g/mol. The van der Waals surface area contributed by atoms with Crippen LogP contribution < -0.4 is 0 Å². The Kier molecular flexibility index (Phi) is 3.08. The van der Waals surface area contributed by atoms with Crippen molar-refractivity contribution in [3.05, 3.63) is 39.6 Å². The molecule has 0 fully saturated rings. The van der Waals surface area contributed by atoms with Crippen LogP contribution in [-0.4, -0.2) is 26.0 Å². The van der Waals surface area contributed by atoms with Gasteiger partial charge in [0.25, 0.3) is 0 Å². The summed E-state index contributed by atoms with van der Waals surface area (Å²) in [7, 11) is 0. The number of hydrogen-bond donors (Lipinski definition) is 2. The summed E-state index contributed by atoms with van der Waals surface area (Å²) in [6, 6.07) is 5.04. The van der Waals surface area contributed by atoms with Crippen molar-refractivity contribution in [2.75, 3.05) is 0 Å². The highest BCUT2D eigenvalue weighted by atomic mass is 79.9. The lowest BCUT2D eigenvalue weighted by Gasteiger charge is -2.03. The molecule has 0 aliphatic heterocycles. The number of nitrogens with zero attached hydrogens (tertiary/aromatic N) is 2. The fourth-order valence-electron chi connectivity index (χ4n) is 1.31. The topological polar surface area (TPSA) is 75.3 Å². The van der Waals surface area contributed by atoms with Crippen molar-refractivity contribution in [2.45, 2.75) is 0 Å². The maximum Gasteiger partial charge on any atom is 0.360 e. The third-order valence-corrected chi connectivity index (χ3v) is 2.85. The zero-order chi connectivity index (χ0) is 12.6. The summed E-state index contributed by atoms with van der Waals surface area (Å²) in [5.74, 6) is -1.70. The van der Waals surface area contributed by atoms with Gasteiger partial charge in [-0.05, 0) is 18.2 Å². The van der Waals surface area contributed by atoms with Gasteiger partial charge in [-0.1, -0.05) is 27.5 Å². The van der Waals surface area contributed by atoms with Crippen LogP contribution in [0.5, 0.6) is 5.75 Å². The molecule has 5 nitrogen and oxygen atoms in total. The van der Waals surface area contributed by atoms with Crippen LogP contribution in [0.15, 0.2) is 28.9 Å². The summed E-state index contributed by atoms with van der Waals surface area (Å²) in [5.41, 5.74) is 0.0710. The number of carboxylic acid groups (broad SMARTS) is 1. The predicted octanol–water partition coefficient (Wildman–Crippen LogP) is 2.69. The number of aromatic nitrogens is 2. The molecular formula is C10H6BrClN2O3. The van der Waals surface area contributed by atoms with Gasteiger partial charge in [-0.2, -0.15) is 5.10 Å². The fourth-order valence-corrected chi connectivity index (χ4v) is 2.07. The number of benzene rings is 1. The number of hydrogen-bond acceptors (Lipinski definition) is 3. The van der Waals surface area contributed by atoms with Crippen LogP contribution in [0, 0.1) is 0 Å². The molecule has 1 heterocycles. The molecule has 2 N–H and O–H groups in total. The first kappa shape index (κ1) is 11.9. The summed E-state index contributed by atoms with van der Waals surface area (Å²) in [4.78, 5) is 10.7. The Labute approximate surface area is 109 Å². The minimum atomic E-state index is -1.30. The third kappa shape index (κ3) is 2.27. The van der Waals surface area contributed by atoms with Crippen LogP contribution >= 0.6 is 27.5 Å². The number of rotatable bonds is 2. The highest BCUT2D eigenvalue weighted by Crippen LogP contribution is 2.26. The van der Waals surface area contributed by atoms with Gasteiger partial charge in [0.05, 0.1) is 16.9 Å². The van der Waals surface area contributed by atoms with Crippen LogP contribution in [0.1, 0.15) is 10.5 Å². The summed E-state index contributed by atoms with van der Waals surface area (Å²) in [6.45, 7) is 0. The van der Waals surface area contributed by atoms with Crippen LogP contribution in [0.3, 0.4) is 0 Å². The zero-order valence-electron chi connectivity index (χ0n) is 8.26. The Bertz CT molecular complexity index is 597. The minimum Gasteiger partial charge on any atom is -0.504 e. The summed E-state index contributed by atoms with van der Waals surface area (Å²) in [6.07, 6.45) is 1.19. The largest absolute Gasteiger partial charge is 0.504 e. The molecule has 2 aromatic rings. The van der Waals surface area contributed by atoms with Gasteiger partial charge in [0, 0.05) is 4.47 Å². The van der Waals surface area contributed by atoms with Crippen molar-refractivity contribution in [1.82, 2.24) is 9.78 Å².